The summed E-state index contributed by atoms with van der Waals surface area (Å²) in [4.78, 5) is 0. The van der Waals surface area contributed by atoms with Gasteiger partial charge in [0.15, 0.2) is 9.84 Å². The first-order valence-electron chi connectivity index (χ1n) is 5.91. The first-order chi connectivity index (χ1) is 8.51. The number of rotatable bonds is 4. The van der Waals surface area contributed by atoms with E-state index in [1.807, 2.05) is 0 Å². The summed E-state index contributed by atoms with van der Waals surface area (Å²) in [5.74, 6) is 0.964. The molecule has 0 spiro atoms. The van der Waals surface area contributed by atoms with Crippen molar-refractivity contribution in [2.45, 2.75) is 18.1 Å². The van der Waals surface area contributed by atoms with Crippen LogP contribution in [0, 0.1) is 0 Å². The average molecular weight is 270 g/mol. The Morgan fingerprint density at radius 1 is 1.44 bits per heavy atom. The zero-order valence-electron chi connectivity index (χ0n) is 10.3. The second kappa shape index (κ2) is 5.06. The number of anilines is 2. The Kier molecular flexibility index (Phi) is 3.65. The van der Waals surface area contributed by atoms with Crippen molar-refractivity contribution in [3.05, 3.63) is 18.2 Å². The highest BCUT2D eigenvalue weighted by atomic mass is 32.2. The van der Waals surface area contributed by atoms with Crippen LogP contribution in [0.5, 0.6) is 5.75 Å². The number of hydrogen-bond acceptors (Lipinski definition) is 5. The molecule has 0 bridgehead atoms. The lowest BCUT2D eigenvalue weighted by molar-refractivity contribution is 0.415. The van der Waals surface area contributed by atoms with Gasteiger partial charge in [-0.25, -0.2) is 8.42 Å². The fraction of sp³-hybridized carbons (Fsp3) is 0.500. The lowest BCUT2D eigenvalue weighted by Gasteiger charge is -2.13. The molecule has 0 aliphatic carbocycles. The molecule has 1 fully saturated rings. The summed E-state index contributed by atoms with van der Waals surface area (Å²) in [6.45, 7) is 0.426. The van der Waals surface area contributed by atoms with E-state index in [0.717, 1.165) is 18.5 Å². The van der Waals surface area contributed by atoms with E-state index in [1.165, 1.54) is 0 Å². The maximum atomic E-state index is 11.7. The third-order valence-electron chi connectivity index (χ3n) is 3.16. The lowest BCUT2D eigenvalue weighted by Crippen LogP contribution is -2.25. The maximum Gasteiger partial charge on any atom is 0.154 e. The molecule has 1 aliphatic rings. The zero-order valence-corrected chi connectivity index (χ0v) is 11.2. The van der Waals surface area contributed by atoms with Crippen LogP contribution in [0.25, 0.3) is 0 Å². The number of ether oxygens (including phenoxy) is 1. The molecule has 1 saturated heterocycles. The SMILES string of the molecule is COc1cc(N)cc(NCC2CCCS2(=O)=O)c1. The fourth-order valence-electron chi connectivity index (χ4n) is 2.16. The number of benzene rings is 1. The molecule has 1 atom stereocenters. The van der Waals surface area contributed by atoms with Crippen molar-refractivity contribution in [1.82, 2.24) is 0 Å². The van der Waals surface area contributed by atoms with Crippen molar-refractivity contribution < 1.29 is 13.2 Å². The third-order valence-corrected chi connectivity index (χ3v) is 5.44. The van der Waals surface area contributed by atoms with Gasteiger partial charge in [-0.05, 0) is 18.9 Å². The van der Waals surface area contributed by atoms with Crippen LogP contribution in [-0.4, -0.2) is 33.1 Å². The highest BCUT2D eigenvalue weighted by Crippen LogP contribution is 2.24. The quantitative estimate of drug-likeness (QED) is 0.805. The molecule has 0 amide bonds. The van der Waals surface area contributed by atoms with Crippen LogP contribution in [-0.2, 0) is 9.84 Å². The Bertz CT molecular complexity index is 528. The van der Waals surface area contributed by atoms with E-state index >= 15 is 0 Å². The molecule has 0 aromatic heterocycles. The van der Waals surface area contributed by atoms with Crippen LogP contribution >= 0.6 is 0 Å². The highest BCUT2D eigenvalue weighted by Gasteiger charge is 2.30. The maximum absolute atomic E-state index is 11.7. The molecule has 1 aromatic carbocycles. The first kappa shape index (κ1) is 13.0. The smallest absolute Gasteiger partial charge is 0.154 e. The summed E-state index contributed by atoms with van der Waals surface area (Å²) in [6, 6.07) is 5.29. The molecule has 0 saturated carbocycles. The van der Waals surface area contributed by atoms with Crippen LogP contribution < -0.4 is 15.8 Å². The Balaban J connectivity index is 2.04. The van der Waals surface area contributed by atoms with Gasteiger partial charge in [0.25, 0.3) is 0 Å². The predicted octanol–water partition coefficient (Wildman–Crippen LogP) is 1.27. The minimum absolute atomic E-state index is 0.287. The second-order valence-electron chi connectivity index (χ2n) is 4.51. The summed E-state index contributed by atoms with van der Waals surface area (Å²) in [5.41, 5.74) is 7.11. The molecule has 0 radical (unpaired) electrons. The third kappa shape index (κ3) is 2.87. The molecular formula is C12H18N2O3S. The average Bonchev–Trinajstić information content (AvgIpc) is 2.65. The largest absolute Gasteiger partial charge is 0.497 e. The van der Waals surface area contributed by atoms with Crippen LogP contribution in [0.1, 0.15) is 12.8 Å². The second-order valence-corrected chi connectivity index (χ2v) is 6.91. The van der Waals surface area contributed by atoms with E-state index in [9.17, 15) is 8.42 Å². The van der Waals surface area contributed by atoms with Crippen molar-refractivity contribution in [3.8, 4) is 5.75 Å². The standard InChI is InChI=1S/C12H18N2O3S/c1-17-11-6-9(13)5-10(7-11)14-8-12-3-2-4-18(12,15)16/h5-7,12,14H,2-4,8,13H2,1H3. The number of sulfone groups is 1. The molecule has 5 nitrogen and oxygen atoms in total. The lowest BCUT2D eigenvalue weighted by atomic mass is 10.2. The van der Waals surface area contributed by atoms with Crippen molar-refractivity contribution >= 4 is 21.2 Å². The first-order valence-corrected chi connectivity index (χ1v) is 7.63. The van der Waals surface area contributed by atoms with Gasteiger partial charge in [-0.15, -0.1) is 0 Å². The summed E-state index contributed by atoms with van der Waals surface area (Å²) >= 11 is 0. The van der Waals surface area contributed by atoms with Gasteiger partial charge >= 0.3 is 0 Å². The predicted molar refractivity (Wildman–Crippen MR) is 72.7 cm³/mol. The van der Waals surface area contributed by atoms with E-state index in [1.54, 1.807) is 25.3 Å². The van der Waals surface area contributed by atoms with Crippen molar-refractivity contribution in [2.24, 2.45) is 0 Å². The van der Waals surface area contributed by atoms with Gasteiger partial charge in [0.2, 0.25) is 0 Å². The monoisotopic (exact) mass is 270 g/mol. The van der Waals surface area contributed by atoms with Gasteiger partial charge in [0.1, 0.15) is 5.75 Å². The molecule has 1 unspecified atom stereocenters. The molecule has 18 heavy (non-hydrogen) atoms. The normalized spacial score (nSPS) is 21.7. The number of hydrogen-bond donors (Lipinski definition) is 2. The Hall–Kier alpha value is -1.43. The van der Waals surface area contributed by atoms with Gasteiger partial charge < -0.3 is 15.8 Å². The number of methoxy groups -OCH3 is 1. The molecule has 1 aromatic rings. The van der Waals surface area contributed by atoms with Crippen LogP contribution in [0.4, 0.5) is 11.4 Å². The summed E-state index contributed by atoms with van der Waals surface area (Å²) in [7, 11) is -1.34. The molecule has 100 valence electrons. The highest BCUT2D eigenvalue weighted by molar-refractivity contribution is 7.92. The van der Waals surface area contributed by atoms with E-state index in [-0.39, 0.29) is 5.25 Å². The number of nitrogens with two attached hydrogens (primary N) is 1. The van der Waals surface area contributed by atoms with Gasteiger partial charge in [-0.2, -0.15) is 0 Å². The molecule has 1 aliphatic heterocycles. The van der Waals surface area contributed by atoms with Crippen molar-refractivity contribution in [1.29, 1.82) is 0 Å². The molecule has 6 heteroatoms. The van der Waals surface area contributed by atoms with Crippen molar-refractivity contribution in [2.75, 3.05) is 30.5 Å². The minimum Gasteiger partial charge on any atom is -0.497 e. The van der Waals surface area contributed by atoms with Gasteiger partial charge in [0.05, 0.1) is 18.1 Å². The van der Waals surface area contributed by atoms with Gasteiger partial charge in [-0.3, -0.25) is 0 Å². The zero-order chi connectivity index (χ0) is 13.2. The van der Waals surface area contributed by atoms with Gasteiger partial charge in [-0.1, -0.05) is 0 Å². The minimum atomic E-state index is -2.91. The molecule has 2 rings (SSSR count). The molecular weight excluding hydrogens is 252 g/mol. The van der Waals surface area contributed by atoms with Crippen LogP contribution in [0.15, 0.2) is 18.2 Å². The topological polar surface area (TPSA) is 81.4 Å². The Labute approximate surface area is 107 Å². The van der Waals surface area contributed by atoms with Gasteiger partial charge in [0, 0.05) is 30.1 Å². The van der Waals surface area contributed by atoms with Crippen molar-refractivity contribution in [3.63, 3.8) is 0 Å². The van der Waals surface area contributed by atoms with Crippen LogP contribution in [0.3, 0.4) is 0 Å². The summed E-state index contributed by atoms with van der Waals surface area (Å²) in [6.07, 6.45) is 1.49. The van der Waals surface area contributed by atoms with E-state index in [4.69, 9.17) is 10.5 Å². The number of nitrogens with one attached hydrogen (secondary N) is 1. The summed E-state index contributed by atoms with van der Waals surface area (Å²) in [5, 5.41) is 2.83. The number of nitrogen functional groups attached to an aromatic ring is 1. The van der Waals surface area contributed by atoms with Crippen LogP contribution in [0.2, 0.25) is 0 Å². The Morgan fingerprint density at radius 2 is 2.22 bits per heavy atom. The fourth-order valence-corrected chi connectivity index (χ4v) is 3.93. The molecule has 1 heterocycles. The molecule has 3 N–H and O–H groups in total. The van der Waals surface area contributed by atoms with E-state index in [2.05, 4.69) is 5.32 Å². The van der Waals surface area contributed by atoms with E-state index < -0.39 is 9.84 Å². The summed E-state index contributed by atoms with van der Waals surface area (Å²) < 4.78 is 28.5. The Morgan fingerprint density at radius 3 is 2.83 bits per heavy atom. The van der Waals surface area contributed by atoms with E-state index in [0.29, 0.717) is 23.7 Å².